The maximum Gasteiger partial charge on any atom is 0.157 e. The Balaban J connectivity index is 1.75. The molecule has 0 N–H and O–H groups in total. The molecule has 0 bridgehead atoms. The largest absolute Gasteiger partial charge is 0.486 e. The molecular weight excluding hydrogens is 365 g/mol. The molecule has 0 fully saturated rings. The number of aryl methyl sites for hydroxylation is 2. The van der Waals surface area contributed by atoms with Gasteiger partial charge in [-0.25, -0.2) is 0 Å². The van der Waals surface area contributed by atoms with Crippen LogP contribution in [0, 0.1) is 13.8 Å². The van der Waals surface area contributed by atoms with Crippen molar-refractivity contribution in [2.45, 2.75) is 20.5 Å². The van der Waals surface area contributed by atoms with Gasteiger partial charge in [0.2, 0.25) is 0 Å². The van der Waals surface area contributed by atoms with Gasteiger partial charge in [0.1, 0.15) is 6.61 Å². The van der Waals surface area contributed by atoms with Crippen molar-refractivity contribution in [3.63, 3.8) is 0 Å². The number of hydrogen-bond donors (Lipinski definition) is 0. The maximum absolute atomic E-state index is 6.37. The number of nitrogens with zero attached hydrogens (tertiary/aromatic N) is 1. The predicted molar refractivity (Wildman–Crippen MR) is 110 cm³/mol. The van der Waals surface area contributed by atoms with E-state index in [-0.39, 0.29) is 0 Å². The number of rotatable bonds is 5. The molecule has 132 valence electrons. The summed E-state index contributed by atoms with van der Waals surface area (Å²) in [5, 5.41) is 0.937. The predicted octanol–water partition coefficient (Wildman–Crippen LogP) is 6.94. The van der Waals surface area contributed by atoms with E-state index in [0.29, 0.717) is 22.4 Å². The molecule has 26 heavy (non-hydrogen) atoms. The number of hydrogen-bond acceptors (Lipinski definition) is 2. The molecule has 0 unspecified atom stereocenters. The highest BCUT2D eigenvalue weighted by Gasteiger charge is 2.10. The number of benzene rings is 3. The van der Waals surface area contributed by atoms with Crippen LogP contribution in [-0.2, 0) is 6.61 Å². The van der Waals surface area contributed by atoms with Gasteiger partial charge >= 0.3 is 0 Å². The van der Waals surface area contributed by atoms with Crippen molar-refractivity contribution >= 4 is 35.1 Å². The molecular formula is C22H19Cl2NO. The van der Waals surface area contributed by atoms with Crippen molar-refractivity contribution in [1.82, 2.24) is 0 Å². The van der Waals surface area contributed by atoms with Gasteiger partial charge in [0.05, 0.1) is 15.7 Å². The molecule has 0 aliphatic carbocycles. The van der Waals surface area contributed by atoms with Crippen LogP contribution in [0.2, 0.25) is 10.0 Å². The van der Waals surface area contributed by atoms with E-state index >= 15 is 0 Å². The van der Waals surface area contributed by atoms with Crippen LogP contribution in [0.1, 0.15) is 22.3 Å². The van der Waals surface area contributed by atoms with Crippen LogP contribution in [-0.4, -0.2) is 6.21 Å². The first-order chi connectivity index (χ1) is 12.5. The van der Waals surface area contributed by atoms with Crippen LogP contribution in [0.15, 0.2) is 65.7 Å². The monoisotopic (exact) mass is 383 g/mol. The highest BCUT2D eigenvalue weighted by Crippen LogP contribution is 2.34. The maximum atomic E-state index is 6.37. The zero-order chi connectivity index (χ0) is 18.5. The molecule has 0 saturated carbocycles. The number of ether oxygens (including phenoxy) is 1. The van der Waals surface area contributed by atoms with E-state index in [9.17, 15) is 0 Å². The Bertz CT molecular complexity index is 910. The Morgan fingerprint density at radius 2 is 1.58 bits per heavy atom. The van der Waals surface area contributed by atoms with E-state index in [2.05, 4.69) is 11.9 Å². The minimum absolute atomic E-state index is 0.413. The molecule has 0 atom stereocenters. The second-order valence-corrected chi connectivity index (χ2v) is 6.95. The summed E-state index contributed by atoms with van der Waals surface area (Å²) < 4.78 is 5.82. The molecule has 0 saturated heterocycles. The van der Waals surface area contributed by atoms with Crippen molar-refractivity contribution in [3.05, 3.63) is 93.0 Å². The molecule has 2 nitrogen and oxygen atoms in total. The lowest BCUT2D eigenvalue weighted by Gasteiger charge is -2.11. The fraction of sp³-hybridized carbons (Fsp3) is 0.136. The zero-order valence-corrected chi connectivity index (χ0v) is 16.2. The third-order valence-corrected chi connectivity index (χ3v) is 4.55. The van der Waals surface area contributed by atoms with Crippen molar-refractivity contribution in [2.24, 2.45) is 4.99 Å². The lowest BCUT2D eigenvalue weighted by molar-refractivity contribution is 0.306. The average molecular weight is 384 g/mol. The molecule has 0 radical (unpaired) electrons. The zero-order valence-electron chi connectivity index (χ0n) is 14.7. The summed E-state index contributed by atoms with van der Waals surface area (Å²) in [5.74, 6) is 0.488. The Morgan fingerprint density at radius 3 is 2.23 bits per heavy atom. The minimum Gasteiger partial charge on any atom is -0.486 e. The summed E-state index contributed by atoms with van der Waals surface area (Å²) in [6.45, 7) is 4.49. The fourth-order valence-electron chi connectivity index (χ4n) is 2.48. The van der Waals surface area contributed by atoms with E-state index in [1.54, 1.807) is 18.3 Å². The normalized spacial score (nSPS) is 11.1. The molecule has 3 aromatic rings. The van der Waals surface area contributed by atoms with E-state index in [1.807, 2.05) is 55.5 Å². The quantitative estimate of drug-likeness (QED) is 0.437. The molecule has 0 amide bonds. The molecule has 3 aromatic carbocycles. The Morgan fingerprint density at radius 1 is 0.923 bits per heavy atom. The van der Waals surface area contributed by atoms with Crippen LogP contribution in [0.25, 0.3) is 0 Å². The van der Waals surface area contributed by atoms with Crippen molar-refractivity contribution in [1.29, 1.82) is 0 Å². The average Bonchev–Trinajstić information content (AvgIpc) is 2.62. The first kappa shape index (κ1) is 18.5. The molecule has 0 aliphatic rings. The van der Waals surface area contributed by atoms with Gasteiger partial charge in [0.25, 0.3) is 0 Å². The molecule has 0 aliphatic heterocycles. The van der Waals surface area contributed by atoms with Gasteiger partial charge in [0, 0.05) is 6.21 Å². The van der Waals surface area contributed by atoms with E-state index in [1.165, 1.54) is 5.56 Å². The molecule has 0 heterocycles. The summed E-state index contributed by atoms with van der Waals surface area (Å²) in [4.78, 5) is 4.51. The van der Waals surface area contributed by atoms with Crippen LogP contribution in [0.3, 0.4) is 0 Å². The first-order valence-corrected chi connectivity index (χ1v) is 9.05. The first-order valence-electron chi connectivity index (χ1n) is 8.30. The van der Waals surface area contributed by atoms with Crippen molar-refractivity contribution < 1.29 is 4.74 Å². The minimum atomic E-state index is 0.413. The molecule has 3 rings (SSSR count). The van der Waals surface area contributed by atoms with Gasteiger partial charge in [-0.15, -0.1) is 0 Å². The van der Waals surface area contributed by atoms with E-state index < -0.39 is 0 Å². The Labute approximate surface area is 164 Å². The van der Waals surface area contributed by atoms with E-state index in [4.69, 9.17) is 27.9 Å². The van der Waals surface area contributed by atoms with Gasteiger partial charge in [-0.2, -0.15) is 0 Å². The number of aliphatic imine (C=N–C) groups is 1. The molecule has 0 spiro atoms. The summed E-state index contributed by atoms with van der Waals surface area (Å²) in [5.41, 5.74) is 5.12. The van der Waals surface area contributed by atoms with Crippen LogP contribution >= 0.6 is 23.2 Å². The topological polar surface area (TPSA) is 21.6 Å². The van der Waals surface area contributed by atoms with Gasteiger partial charge < -0.3 is 4.74 Å². The summed E-state index contributed by atoms with van der Waals surface area (Å²) in [6.07, 6.45) is 1.75. The second kappa shape index (κ2) is 8.39. The Kier molecular flexibility index (Phi) is 5.97. The van der Waals surface area contributed by atoms with Gasteiger partial charge in [-0.1, -0.05) is 71.2 Å². The molecule has 0 aromatic heterocycles. The lowest BCUT2D eigenvalue weighted by Crippen LogP contribution is -1.97. The smallest absolute Gasteiger partial charge is 0.157 e. The van der Waals surface area contributed by atoms with Gasteiger partial charge in [-0.05, 0) is 48.7 Å². The van der Waals surface area contributed by atoms with E-state index in [0.717, 1.165) is 22.4 Å². The summed E-state index contributed by atoms with van der Waals surface area (Å²) in [7, 11) is 0. The van der Waals surface area contributed by atoms with Crippen LogP contribution in [0.4, 0.5) is 5.69 Å². The van der Waals surface area contributed by atoms with Crippen molar-refractivity contribution in [3.8, 4) is 5.75 Å². The number of para-hydroxylation sites is 1. The third kappa shape index (κ3) is 4.66. The van der Waals surface area contributed by atoms with Crippen molar-refractivity contribution in [2.75, 3.05) is 0 Å². The fourth-order valence-corrected chi connectivity index (χ4v) is 3.10. The molecule has 4 heteroatoms. The highest BCUT2D eigenvalue weighted by atomic mass is 35.5. The highest BCUT2D eigenvalue weighted by molar-refractivity contribution is 6.37. The second-order valence-electron chi connectivity index (χ2n) is 6.13. The summed E-state index contributed by atoms with van der Waals surface area (Å²) >= 11 is 12.7. The summed E-state index contributed by atoms with van der Waals surface area (Å²) in [6, 6.07) is 19.7. The van der Waals surface area contributed by atoms with Gasteiger partial charge in [0.15, 0.2) is 5.75 Å². The lowest BCUT2D eigenvalue weighted by atomic mass is 10.2. The van der Waals surface area contributed by atoms with Crippen LogP contribution < -0.4 is 4.74 Å². The number of halogens is 2. The SMILES string of the molecule is Cc1ccc(COc2c(Cl)cc(C=Nc3ccccc3C)cc2Cl)cc1. The van der Waals surface area contributed by atoms with Gasteiger partial charge in [-0.3, -0.25) is 4.99 Å². The standard InChI is InChI=1S/C22H19Cl2NO/c1-15-7-9-17(10-8-15)14-26-22-19(23)11-18(12-20(22)24)13-25-21-6-4-3-5-16(21)2/h3-13H,14H2,1-2H3. The van der Waals surface area contributed by atoms with Crippen LogP contribution in [0.5, 0.6) is 5.75 Å². The third-order valence-electron chi connectivity index (χ3n) is 3.99. The Hall–Kier alpha value is -2.29.